The van der Waals surface area contributed by atoms with E-state index in [9.17, 15) is 5.11 Å². The van der Waals surface area contributed by atoms with Crippen molar-refractivity contribution < 1.29 is 5.11 Å². The summed E-state index contributed by atoms with van der Waals surface area (Å²) in [5, 5.41) is 9.68. The zero-order valence-electron chi connectivity index (χ0n) is 15.1. The van der Waals surface area contributed by atoms with Crippen LogP contribution in [-0.2, 0) is 0 Å². The second kappa shape index (κ2) is 16.3. The average Bonchev–Trinajstić information content (AvgIpc) is 2.47. The standard InChI is InChI=1S/C20H41O/c1-4-5-6-7-8-9-10-11-12-13-14-15-16-17-18-20(21)19(2)3/h20-21H,4-18H2,1-3H3. The first kappa shape index (κ1) is 21.0. The summed E-state index contributed by atoms with van der Waals surface area (Å²) >= 11 is 0. The van der Waals surface area contributed by atoms with Crippen molar-refractivity contribution >= 4 is 0 Å². The van der Waals surface area contributed by atoms with Crippen LogP contribution in [0.1, 0.15) is 117 Å². The molecule has 21 heavy (non-hydrogen) atoms. The zero-order chi connectivity index (χ0) is 15.8. The summed E-state index contributed by atoms with van der Waals surface area (Å²) in [6, 6.07) is 0. The van der Waals surface area contributed by atoms with Gasteiger partial charge in [0.2, 0.25) is 0 Å². The Labute approximate surface area is 134 Å². The highest BCUT2D eigenvalue weighted by molar-refractivity contribution is 4.86. The van der Waals surface area contributed by atoms with Crippen molar-refractivity contribution in [3.63, 3.8) is 0 Å². The Kier molecular flexibility index (Phi) is 16.3. The molecule has 0 rings (SSSR count). The van der Waals surface area contributed by atoms with Gasteiger partial charge in [0.15, 0.2) is 0 Å². The minimum Gasteiger partial charge on any atom is -0.393 e. The van der Waals surface area contributed by atoms with Crippen LogP contribution >= 0.6 is 0 Å². The molecule has 0 heterocycles. The Morgan fingerprint density at radius 1 is 0.619 bits per heavy atom. The van der Waals surface area contributed by atoms with E-state index in [1.165, 1.54) is 89.9 Å². The summed E-state index contributed by atoms with van der Waals surface area (Å²) in [6.45, 7) is 6.33. The number of unbranched alkanes of at least 4 members (excludes halogenated alkanes) is 13. The first-order valence-corrected chi connectivity index (χ1v) is 9.66. The molecule has 0 fully saturated rings. The van der Waals surface area contributed by atoms with Gasteiger partial charge in [-0.1, -0.05) is 111 Å². The first-order valence-electron chi connectivity index (χ1n) is 9.66. The van der Waals surface area contributed by atoms with E-state index in [-0.39, 0.29) is 6.10 Å². The number of rotatable bonds is 16. The quantitative estimate of drug-likeness (QED) is 0.309. The van der Waals surface area contributed by atoms with Gasteiger partial charge in [0, 0.05) is 0 Å². The van der Waals surface area contributed by atoms with Crippen molar-refractivity contribution in [3.8, 4) is 0 Å². The van der Waals surface area contributed by atoms with Crippen LogP contribution in [-0.4, -0.2) is 11.2 Å². The molecule has 0 spiro atoms. The fourth-order valence-corrected chi connectivity index (χ4v) is 2.82. The Morgan fingerprint density at radius 3 is 1.29 bits per heavy atom. The Balaban J connectivity index is 3.03. The number of aliphatic hydroxyl groups excluding tert-OH is 1. The molecule has 0 aromatic rings. The molecule has 1 N–H and O–H groups in total. The van der Waals surface area contributed by atoms with Crippen LogP contribution in [0.5, 0.6) is 0 Å². The maximum absolute atomic E-state index is 9.68. The lowest BCUT2D eigenvalue weighted by Crippen LogP contribution is -2.12. The molecule has 1 nitrogen and oxygen atoms in total. The summed E-state index contributed by atoms with van der Waals surface area (Å²) < 4.78 is 0. The molecule has 0 saturated carbocycles. The number of hydrogen-bond donors (Lipinski definition) is 1. The molecule has 0 bridgehead atoms. The fourth-order valence-electron chi connectivity index (χ4n) is 2.82. The van der Waals surface area contributed by atoms with E-state index in [0.29, 0.717) is 0 Å². The molecule has 1 unspecified atom stereocenters. The average molecular weight is 298 g/mol. The summed E-state index contributed by atoms with van der Waals surface area (Å²) in [5.41, 5.74) is 0. The van der Waals surface area contributed by atoms with Gasteiger partial charge >= 0.3 is 0 Å². The molecule has 1 heteroatoms. The van der Waals surface area contributed by atoms with Crippen molar-refractivity contribution in [2.24, 2.45) is 0 Å². The topological polar surface area (TPSA) is 20.2 Å². The molecule has 1 radical (unpaired) electrons. The number of aliphatic hydroxyl groups is 1. The van der Waals surface area contributed by atoms with Gasteiger partial charge in [-0.05, 0) is 12.3 Å². The molecule has 0 saturated heterocycles. The zero-order valence-corrected chi connectivity index (χ0v) is 15.1. The molecule has 0 aliphatic rings. The van der Waals surface area contributed by atoms with Crippen molar-refractivity contribution in [3.05, 3.63) is 5.92 Å². The highest BCUT2D eigenvalue weighted by atomic mass is 16.3. The molecule has 0 aliphatic carbocycles. The molecule has 0 amide bonds. The van der Waals surface area contributed by atoms with E-state index >= 15 is 0 Å². The summed E-state index contributed by atoms with van der Waals surface area (Å²) in [4.78, 5) is 0. The monoisotopic (exact) mass is 297 g/mol. The van der Waals surface area contributed by atoms with Crippen molar-refractivity contribution in [1.29, 1.82) is 0 Å². The molecule has 0 aliphatic heterocycles. The largest absolute Gasteiger partial charge is 0.393 e. The second-order valence-corrected chi connectivity index (χ2v) is 6.98. The second-order valence-electron chi connectivity index (χ2n) is 6.98. The van der Waals surface area contributed by atoms with E-state index in [2.05, 4.69) is 6.92 Å². The van der Waals surface area contributed by atoms with Gasteiger partial charge in [-0.2, -0.15) is 0 Å². The summed E-state index contributed by atoms with van der Waals surface area (Å²) in [6.07, 6.45) is 20.3. The van der Waals surface area contributed by atoms with Crippen LogP contribution in [0.4, 0.5) is 0 Å². The van der Waals surface area contributed by atoms with Crippen molar-refractivity contribution in [2.75, 3.05) is 0 Å². The molecular weight excluding hydrogens is 256 g/mol. The minimum atomic E-state index is -0.165. The molecule has 1 atom stereocenters. The van der Waals surface area contributed by atoms with Crippen LogP contribution in [0.3, 0.4) is 0 Å². The third-order valence-corrected chi connectivity index (χ3v) is 4.50. The predicted octanol–water partition coefficient (Wildman–Crippen LogP) is 6.83. The third-order valence-electron chi connectivity index (χ3n) is 4.50. The van der Waals surface area contributed by atoms with Crippen LogP contribution < -0.4 is 0 Å². The van der Waals surface area contributed by atoms with E-state index in [1.54, 1.807) is 0 Å². The summed E-state index contributed by atoms with van der Waals surface area (Å²) in [5.74, 6) is 1.16. The normalized spacial score (nSPS) is 13.0. The highest BCUT2D eigenvalue weighted by Gasteiger charge is 2.08. The van der Waals surface area contributed by atoms with Crippen molar-refractivity contribution in [2.45, 2.75) is 123 Å². The summed E-state index contributed by atoms with van der Waals surface area (Å²) in [7, 11) is 0. The van der Waals surface area contributed by atoms with Crippen LogP contribution in [0.2, 0.25) is 0 Å². The maximum Gasteiger partial charge on any atom is 0.0597 e. The third kappa shape index (κ3) is 16.2. The predicted molar refractivity (Wildman–Crippen MR) is 95.5 cm³/mol. The molecular formula is C20H41O. The molecule has 0 aromatic carbocycles. The Morgan fingerprint density at radius 2 is 0.952 bits per heavy atom. The van der Waals surface area contributed by atoms with Gasteiger partial charge in [0.1, 0.15) is 0 Å². The lowest BCUT2D eigenvalue weighted by atomic mass is 10.00. The van der Waals surface area contributed by atoms with Crippen LogP contribution in [0.25, 0.3) is 0 Å². The molecule has 0 aromatic heterocycles. The van der Waals surface area contributed by atoms with Gasteiger partial charge in [-0.3, -0.25) is 0 Å². The minimum absolute atomic E-state index is 0.165. The van der Waals surface area contributed by atoms with E-state index < -0.39 is 0 Å². The van der Waals surface area contributed by atoms with Gasteiger partial charge in [0.05, 0.1) is 6.10 Å². The number of hydrogen-bond acceptors (Lipinski definition) is 1. The maximum atomic E-state index is 9.68. The highest BCUT2D eigenvalue weighted by Crippen LogP contribution is 2.15. The first-order chi connectivity index (χ1) is 10.2. The Bertz CT molecular complexity index is 188. The van der Waals surface area contributed by atoms with Crippen LogP contribution in [0.15, 0.2) is 0 Å². The molecule has 127 valence electrons. The fraction of sp³-hybridized carbons (Fsp3) is 0.950. The lowest BCUT2D eigenvalue weighted by molar-refractivity contribution is 0.174. The van der Waals surface area contributed by atoms with E-state index in [4.69, 9.17) is 0 Å². The van der Waals surface area contributed by atoms with Crippen molar-refractivity contribution in [1.82, 2.24) is 0 Å². The van der Waals surface area contributed by atoms with Gasteiger partial charge in [0.25, 0.3) is 0 Å². The van der Waals surface area contributed by atoms with E-state index in [0.717, 1.165) is 12.3 Å². The van der Waals surface area contributed by atoms with Gasteiger partial charge in [-0.15, -0.1) is 0 Å². The van der Waals surface area contributed by atoms with E-state index in [1.807, 2.05) is 13.8 Å². The lowest BCUT2D eigenvalue weighted by Gasteiger charge is -2.13. The van der Waals surface area contributed by atoms with Crippen LogP contribution in [0, 0.1) is 5.92 Å². The van der Waals surface area contributed by atoms with Gasteiger partial charge < -0.3 is 5.11 Å². The SMILES string of the molecule is CCCCCCCCCCCCCCCCC(O)[C](C)C. The Hall–Kier alpha value is -0.0400. The van der Waals surface area contributed by atoms with Gasteiger partial charge in [-0.25, -0.2) is 0 Å². The smallest absolute Gasteiger partial charge is 0.0597 e.